The third-order valence-electron chi connectivity index (χ3n) is 3.43. The van der Waals surface area contributed by atoms with Crippen LogP contribution in [0.2, 0.25) is 5.02 Å². The first kappa shape index (κ1) is 18.8. The predicted octanol–water partition coefficient (Wildman–Crippen LogP) is 2.67. The van der Waals surface area contributed by atoms with Crippen molar-refractivity contribution in [1.29, 1.82) is 0 Å². The number of morpholine rings is 1. The quantitative estimate of drug-likeness (QED) is 0.435. The summed E-state index contributed by atoms with van der Waals surface area (Å²) in [5, 5.41) is 22.5. The average molecular weight is 416 g/mol. The molecule has 0 radical (unpaired) electrons. The maximum atomic E-state index is 12.1. The van der Waals surface area contributed by atoms with E-state index in [1.54, 1.807) is 0 Å². The minimum atomic E-state index is -0.596. The van der Waals surface area contributed by atoms with Gasteiger partial charge in [-0.25, -0.2) is 0 Å². The van der Waals surface area contributed by atoms with E-state index in [0.717, 1.165) is 18.2 Å². The van der Waals surface area contributed by atoms with E-state index in [4.69, 9.17) is 16.3 Å². The summed E-state index contributed by atoms with van der Waals surface area (Å²) in [4.78, 5) is 24.4. The second kappa shape index (κ2) is 8.62. The number of benzene rings is 1. The lowest BCUT2D eigenvalue weighted by Crippen LogP contribution is -2.36. The second-order valence-corrected chi connectivity index (χ2v) is 7.80. The van der Waals surface area contributed by atoms with Gasteiger partial charge in [0.25, 0.3) is 5.69 Å². The zero-order chi connectivity index (χ0) is 18.5. The van der Waals surface area contributed by atoms with Crippen LogP contribution < -0.4 is 10.2 Å². The number of hydrogen-bond acceptors (Lipinski definition) is 9. The Bertz CT molecular complexity index is 812. The maximum absolute atomic E-state index is 12.1. The fraction of sp³-hybridized carbons (Fsp3) is 0.357. The van der Waals surface area contributed by atoms with Gasteiger partial charge in [0.05, 0.1) is 23.9 Å². The van der Waals surface area contributed by atoms with Crippen LogP contribution in [0.5, 0.6) is 0 Å². The lowest BCUT2D eigenvalue weighted by atomic mass is 10.3. The number of nitro benzene ring substituents is 1. The summed E-state index contributed by atoms with van der Waals surface area (Å²) >= 11 is 8.43. The average Bonchev–Trinajstić information content (AvgIpc) is 3.11. The van der Waals surface area contributed by atoms with Gasteiger partial charge in [0.15, 0.2) is 4.34 Å². The highest BCUT2D eigenvalue weighted by molar-refractivity contribution is 8.01. The van der Waals surface area contributed by atoms with Gasteiger partial charge in [-0.3, -0.25) is 14.9 Å². The van der Waals surface area contributed by atoms with Crippen molar-refractivity contribution in [1.82, 2.24) is 10.2 Å². The molecule has 1 amide bonds. The largest absolute Gasteiger partial charge is 0.378 e. The van der Waals surface area contributed by atoms with Crippen LogP contribution in [-0.2, 0) is 9.53 Å². The maximum Gasteiger partial charge on any atom is 0.289 e. The van der Waals surface area contributed by atoms with Gasteiger partial charge in [-0.15, -0.1) is 10.2 Å². The molecule has 1 aromatic heterocycles. The molecule has 1 aliphatic rings. The Kier molecular flexibility index (Phi) is 6.25. The summed E-state index contributed by atoms with van der Waals surface area (Å²) in [6.07, 6.45) is 0. The molecule has 1 aliphatic heterocycles. The summed E-state index contributed by atoms with van der Waals surface area (Å²) in [6.45, 7) is 2.87. The van der Waals surface area contributed by atoms with E-state index < -0.39 is 4.92 Å². The van der Waals surface area contributed by atoms with Crippen molar-refractivity contribution in [3.8, 4) is 0 Å². The lowest BCUT2D eigenvalue weighted by Gasteiger charge is -2.25. The van der Waals surface area contributed by atoms with Crippen molar-refractivity contribution in [3.63, 3.8) is 0 Å². The predicted molar refractivity (Wildman–Crippen MR) is 100 cm³/mol. The molecule has 3 rings (SSSR count). The number of nitrogens with zero attached hydrogens (tertiary/aromatic N) is 4. The molecule has 0 bridgehead atoms. The van der Waals surface area contributed by atoms with Gasteiger partial charge < -0.3 is 15.0 Å². The topological polar surface area (TPSA) is 110 Å². The highest BCUT2D eigenvalue weighted by Gasteiger charge is 2.17. The molecular weight excluding hydrogens is 402 g/mol. The van der Waals surface area contributed by atoms with E-state index in [1.165, 1.54) is 41.3 Å². The molecular formula is C14H14ClN5O4S2. The Morgan fingerprint density at radius 3 is 2.92 bits per heavy atom. The van der Waals surface area contributed by atoms with Gasteiger partial charge in [0, 0.05) is 24.8 Å². The smallest absolute Gasteiger partial charge is 0.289 e. The monoisotopic (exact) mass is 415 g/mol. The summed E-state index contributed by atoms with van der Waals surface area (Å²) in [6, 6.07) is 4.12. The van der Waals surface area contributed by atoms with Crippen molar-refractivity contribution >= 4 is 57.1 Å². The van der Waals surface area contributed by atoms with Crippen molar-refractivity contribution in [2.24, 2.45) is 0 Å². The van der Waals surface area contributed by atoms with Gasteiger partial charge in [-0.1, -0.05) is 34.7 Å². The summed E-state index contributed by atoms with van der Waals surface area (Å²) < 4.78 is 5.98. The number of anilines is 2. The molecule has 2 heterocycles. The molecule has 12 heteroatoms. The summed E-state index contributed by atoms with van der Waals surface area (Å²) in [7, 11) is 0. The zero-order valence-electron chi connectivity index (χ0n) is 13.4. The number of thioether (sulfide) groups is 1. The molecule has 1 saturated heterocycles. The highest BCUT2D eigenvalue weighted by Crippen LogP contribution is 2.29. The normalized spacial score (nSPS) is 14.3. The van der Waals surface area contributed by atoms with Gasteiger partial charge in [-0.05, 0) is 12.1 Å². The molecule has 0 atom stereocenters. The van der Waals surface area contributed by atoms with Crippen LogP contribution in [0, 0.1) is 10.1 Å². The van der Waals surface area contributed by atoms with E-state index in [2.05, 4.69) is 20.4 Å². The summed E-state index contributed by atoms with van der Waals surface area (Å²) in [5.41, 5.74) is 0.0642. The number of halogens is 1. The van der Waals surface area contributed by atoms with Crippen LogP contribution in [0.25, 0.3) is 0 Å². The van der Waals surface area contributed by atoms with Crippen LogP contribution in [0.4, 0.5) is 16.5 Å². The molecule has 2 aromatic rings. The van der Waals surface area contributed by atoms with Crippen molar-refractivity contribution in [2.75, 3.05) is 42.3 Å². The van der Waals surface area contributed by atoms with Gasteiger partial charge >= 0.3 is 0 Å². The van der Waals surface area contributed by atoms with Gasteiger partial charge in [0.1, 0.15) is 5.02 Å². The molecule has 1 N–H and O–H groups in total. The first-order chi connectivity index (χ1) is 12.5. The minimum Gasteiger partial charge on any atom is -0.378 e. The number of amides is 1. The molecule has 0 saturated carbocycles. The first-order valence-corrected chi connectivity index (χ1v) is 9.74. The van der Waals surface area contributed by atoms with Crippen molar-refractivity contribution < 1.29 is 14.5 Å². The number of nitro groups is 1. The number of rotatable bonds is 6. The zero-order valence-corrected chi connectivity index (χ0v) is 15.8. The Morgan fingerprint density at radius 1 is 1.42 bits per heavy atom. The molecule has 9 nitrogen and oxygen atoms in total. The Balaban J connectivity index is 1.53. The Morgan fingerprint density at radius 2 is 2.19 bits per heavy atom. The van der Waals surface area contributed by atoms with E-state index in [0.29, 0.717) is 23.2 Å². The SMILES string of the molecule is O=C(CSc1nnc(N2CCOCC2)s1)Nc1ccc(Cl)c([N+](=O)[O-])c1. The van der Waals surface area contributed by atoms with E-state index in [9.17, 15) is 14.9 Å². The van der Waals surface area contributed by atoms with E-state index in [-0.39, 0.29) is 22.4 Å². The second-order valence-electron chi connectivity index (χ2n) is 5.21. The van der Waals surface area contributed by atoms with Crippen LogP contribution in [0.3, 0.4) is 0 Å². The highest BCUT2D eigenvalue weighted by atomic mass is 35.5. The van der Waals surface area contributed by atoms with Crippen LogP contribution >= 0.6 is 34.7 Å². The molecule has 1 aromatic carbocycles. The fourth-order valence-electron chi connectivity index (χ4n) is 2.20. The summed E-state index contributed by atoms with van der Waals surface area (Å²) in [5.74, 6) is -0.177. The van der Waals surface area contributed by atoms with E-state index in [1.807, 2.05) is 0 Å². The Labute approximate surface area is 161 Å². The number of ether oxygens (including phenoxy) is 1. The number of nitrogens with one attached hydrogen (secondary N) is 1. The number of hydrogen-bond donors (Lipinski definition) is 1. The van der Waals surface area contributed by atoms with Gasteiger partial charge in [-0.2, -0.15) is 0 Å². The fourth-order valence-corrected chi connectivity index (χ4v) is 4.08. The third kappa shape index (κ3) is 4.81. The molecule has 0 aliphatic carbocycles. The van der Waals surface area contributed by atoms with Crippen LogP contribution in [0.1, 0.15) is 0 Å². The van der Waals surface area contributed by atoms with Crippen LogP contribution in [-0.4, -0.2) is 53.1 Å². The lowest BCUT2D eigenvalue weighted by molar-refractivity contribution is -0.384. The molecule has 138 valence electrons. The molecule has 26 heavy (non-hydrogen) atoms. The first-order valence-electron chi connectivity index (χ1n) is 7.56. The standard InChI is InChI=1S/C14H14ClN5O4S2/c15-10-2-1-9(7-11(10)20(22)23)16-12(21)8-25-14-18-17-13(26-14)19-3-5-24-6-4-19/h1-2,7H,3-6,8H2,(H,16,21). The van der Waals surface area contributed by atoms with E-state index >= 15 is 0 Å². The number of carbonyl (C=O) groups excluding carboxylic acids is 1. The Hall–Kier alpha value is -1.95. The minimum absolute atomic E-state index is 0.0203. The third-order valence-corrected chi connectivity index (χ3v) is 5.87. The molecule has 1 fully saturated rings. The molecule has 0 spiro atoms. The number of aromatic nitrogens is 2. The van der Waals surface area contributed by atoms with Gasteiger partial charge in [0.2, 0.25) is 11.0 Å². The number of carbonyl (C=O) groups is 1. The van der Waals surface area contributed by atoms with Crippen molar-refractivity contribution in [3.05, 3.63) is 33.3 Å². The molecule has 0 unspecified atom stereocenters. The van der Waals surface area contributed by atoms with Crippen LogP contribution in [0.15, 0.2) is 22.5 Å². The van der Waals surface area contributed by atoms with Crippen molar-refractivity contribution in [2.45, 2.75) is 4.34 Å².